The molecular formula is C12H19NO2. The average molecular weight is 209 g/mol. The Morgan fingerprint density at radius 1 is 1.33 bits per heavy atom. The summed E-state index contributed by atoms with van der Waals surface area (Å²) in [4.78, 5) is 0. The van der Waals surface area contributed by atoms with Gasteiger partial charge < -0.3 is 15.6 Å². The summed E-state index contributed by atoms with van der Waals surface area (Å²) in [6, 6.07) is 3.90. The first-order chi connectivity index (χ1) is 7.10. The van der Waals surface area contributed by atoms with Crippen LogP contribution in [-0.4, -0.2) is 18.8 Å². The average Bonchev–Trinajstić information content (AvgIpc) is 2.17. The van der Waals surface area contributed by atoms with Gasteiger partial charge in [0.2, 0.25) is 0 Å². The number of methoxy groups -OCH3 is 1. The Balaban J connectivity index is 3.02. The van der Waals surface area contributed by atoms with Gasteiger partial charge in [-0.3, -0.25) is 0 Å². The minimum Gasteiger partial charge on any atom is -0.496 e. The van der Waals surface area contributed by atoms with E-state index in [1.165, 1.54) is 0 Å². The molecule has 1 aromatic rings. The lowest BCUT2D eigenvalue weighted by atomic mass is 10.0. The van der Waals surface area contributed by atoms with E-state index in [-0.39, 0.29) is 0 Å². The van der Waals surface area contributed by atoms with Crippen LogP contribution in [0.25, 0.3) is 0 Å². The van der Waals surface area contributed by atoms with Gasteiger partial charge in [0, 0.05) is 0 Å². The lowest BCUT2D eigenvalue weighted by Gasteiger charge is -2.14. The van der Waals surface area contributed by atoms with Crippen LogP contribution in [0.4, 0.5) is 0 Å². The Bertz CT molecular complexity index is 313. The number of hydrogen-bond acceptors (Lipinski definition) is 3. The highest BCUT2D eigenvalue weighted by Crippen LogP contribution is 2.27. The molecule has 0 unspecified atom stereocenters. The summed E-state index contributed by atoms with van der Waals surface area (Å²) in [5, 5.41) is 9.81. The first-order valence-corrected chi connectivity index (χ1v) is 5.13. The Morgan fingerprint density at radius 2 is 1.87 bits per heavy atom. The number of aliphatic hydroxyl groups excluding tert-OH is 1. The van der Waals surface area contributed by atoms with Crippen LogP contribution in [-0.2, 0) is 0 Å². The number of aliphatic hydroxyl groups is 1. The van der Waals surface area contributed by atoms with E-state index in [1.54, 1.807) is 7.11 Å². The lowest BCUT2D eigenvalue weighted by molar-refractivity contribution is 0.170. The zero-order valence-corrected chi connectivity index (χ0v) is 9.58. The lowest BCUT2D eigenvalue weighted by Crippen LogP contribution is -2.07. The molecule has 3 heteroatoms. The maximum atomic E-state index is 9.81. The summed E-state index contributed by atoms with van der Waals surface area (Å²) in [5.74, 6) is 0.888. The first kappa shape index (κ1) is 12.0. The van der Waals surface area contributed by atoms with Crippen molar-refractivity contribution in [1.29, 1.82) is 0 Å². The van der Waals surface area contributed by atoms with Gasteiger partial charge in [-0.1, -0.05) is 0 Å². The van der Waals surface area contributed by atoms with Crippen molar-refractivity contribution in [2.75, 3.05) is 13.7 Å². The molecule has 3 N–H and O–H groups in total. The van der Waals surface area contributed by atoms with Crippen LogP contribution in [0.1, 0.15) is 29.2 Å². The zero-order valence-electron chi connectivity index (χ0n) is 9.58. The molecule has 0 saturated heterocycles. The number of ether oxygens (including phenoxy) is 1. The van der Waals surface area contributed by atoms with Crippen LogP contribution in [0.3, 0.4) is 0 Å². The van der Waals surface area contributed by atoms with E-state index < -0.39 is 6.10 Å². The van der Waals surface area contributed by atoms with Crippen molar-refractivity contribution >= 4 is 0 Å². The predicted octanol–water partition coefficient (Wildman–Crippen LogP) is 1.69. The number of rotatable bonds is 4. The Labute approximate surface area is 90.9 Å². The molecule has 0 heterocycles. The largest absolute Gasteiger partial charge is 0.496 e. The molecule has 0 spiro atoms. The number of aryl methyl sites for hydroxylation is 2. The highest BCUT2D eigenvalue weighted by Gasteiger charge is 2.11. The second-order valence-electron chi connectivity index (χ2n) is 3.78. The second-order valence-corrected chi connectivity index (χ2v) is 3.78. The number of nitrogens with two attached hydrogens (primary N) is 1. The first-order valence-electron chi connectivity index (χ1n) is 5.13. The molecule has 0 radical (unpaired) electrons. The molecule has 15 heavy (non-hydrogen) atoms. The molecule has 1 aromatic carbocycles. The van der Waals surface area contributed by atoms with Crippen LogP contribution in [0.2, 0.25) is 0 Å². The molecule has 1 rings (SSSR count). The summed E-state index contributed by atoms with van der Waals surface area (Å²) in [5.41, 5.74) is 8.42. The second kappa shape index (κ2) is 5.14. The smallest absolute Gasteiger partial charge is 0.124 e. The van der Waals surface area contributed by atoms with E-state index in [2.05, 4.69) is 0 Å². The van der Waals surface area contributed by atoms with Crippen molar-refractivity contribution in [3.8, 4) is 5.75 Å². The fourth-order valence-electron chi connectivity index (χ4n) is 1.82. The summed E-state index contributed by atoms with van der Waals surface area (Å²) in [6.45, 7) is 4.44. The Kier molecular flexibility index (Phi) is 4.12. The van der Waals surface area contributed by atoms with Crippen LogP contribution in [0.15, 0.2) is 12.1 Å². The van der Waals surface area contributed by atoms with E-state index >= 15 is 0 Å². The fraction of sp³-hybridized carbons (Fsp3) is 0.500. The van der Waals surface area contributed by atoms with Gasteiger partial charge in [0.1, 0.15) is 5.75 Å². The molecule has 0 aliphatic rings. The highest BCUT2D eigenvalue weighted by molar-refractivity contribution is 5.43. The Morgan fingerprint density at radius 3 is 2.27 bits per heavy atom. The van der Waals surface area contributed by atoms with Gasteiger partial charge in [-0.15, -0.1) is 0 Å². The zero-order chi connectivity index (χ0) is 11.4. The third-order valence-corrected chi connectivity index (χ3v) is 2.51. The SMILES string of the molecule is COc1c(C)cc([C@H](O)CCN)cc1C. The third kappa shape index (κ3) is 2.70. The molecule has 84 valence electrons. The third-order valence-electron chi connectivity index (χ3n) is 2.51. The molecule has 0 saturated carbocycles. The molecule has 0 fully saturated rings. The highest BCUT2D eigenvalue weighted by atomic mass is 16.5. The van der Waals surface area contributed by atoms with Crippen molar-refractivity contribution in [3.05, 3.63) is 28.8 Å². The summed E-state index contributed by atoms with van der Waals surface area (Å²) < 4.78 is 5.26. The minimum absolute atomic E-state index is 0.474. The summed E-state index contributed by atoms with van der Waals surface area (Å²) in [7, 11) is 1.66. The number of benzene rings is 1. The van der Waals surface area contributed by atoms with Crippen LogP contribution >= 0.6 is 0 Å². The monoisotopic (exact) mass is 209 g/mol. The molecule has 0 aliphatic carbocycles. The van der Waals surface area contributed by atoms with Gasteiger partial charge >= 0.3 is 0 Å². The van der Waals surface area contributed by atoms with Gasteiger partial charge in [-0.2, -0.15) is 0 Å². The molecule has 0 bridgehead atoms. The standard InChI is InChI=1S/C12H19NO2/c1-8-6-10(11(14)4-5-13)7-9(2)12(8)15-3/h6-7,11,14H,4-5,13H2,1-3H3/t11-/m1/s1. The van der Waals surface area contributed by atoms with Crippen LogP contribution < -0.4 is 10.5 Å². The van der Waals surface area contributed by atoms with Gasteiger partial charge in [0.15, 0.2) is 0 Å². The quantitative estimate of drug-likeness (QED) is 0.793. The van der Waals surface area contributed by atoms with Crippen LogP contribution in [0.5, 0.6) is 5.75 Å². The predicted molar refractivity (Wildman–Crippen MR) is 61.1 cm³/mol. The van der Waals surface area contributed by atoms with E-state index in [1.807, 2.05) is 26.0 Å². The van der Waals surface area contributed by atoms with Crippen molar-refractivity contribution < 1.29 is 9.84 Å². The van der Waals surface area contributed by atoms with Gasteiger partial charge in [-0.05, 0) is 55.6 Å². The maximum Gasteiger partial charge on any atom is 0.124 e. The number of hydrogen-bond donors (Lipinski definition) is 2. The van der Waals surface area contributed by atoms with Crippen molar-refractivity contribution in [1.82, 2.24) is 0 Å². The topological polar surface area (TPSA) is 55.5 Å². The van der Waals surface area contributed by atoms with Gasteiger partial charge in [-0.25, -0.2) is 0 Å². The maximum absolute atomic E-state index is 9.81. The Hall–Kier alpha value is -1.06. The normalized spacial score (nSPS) is 12.6. The fourth-order valence-corrected chi connectivity index (χ4v) is 1.82. The molecular weight excluding hydrogens is 190 g/mol. The van der Waals surface area contributed by atoms with E-state index in [4.69, 9.17) is 10.5 Å². The van der Waals surface area contributed by atoms with Gasteiger partial charge in [0.05, 0.1) is 13.2 Å². The van der Waals surface area contributed by atoms with E-state index in [9.17, 15) is 5.11 Å². The van der Waals surface area contributed by atoms with Crippen LogP contribution in [0, 0.1) is 13.8 Å². The molecule has 0 amide bonds. The van der Waals surface area contributed by atoms with E-state index in [0.717, 1.165) is 22.4 Å². The van der Waals surface area contributed by atoms with Gasteiger partial charge in [0.25, 0.3) is 0 Å². The van der Waals surface area contributed by atoms with E-state index in [0.29, 0.717) is 13.0 Å². The summed E-state index contributed by atoms with van der Waals surface area (Å²) >= 11 is 0. The molecule has 3 nitrogen and oxygen atoms in total. The van der Waals surface area contributed by atoms with Crippen molar-refractivity contribution in [3.63, 3.8) is 0 Å². The summed E-state index contributed by atoms with van der Waals surface area (Å²) in [6.07, 6.45) is 0.115. The molecule has 1 atom stereocenters. The minimum atomic E-state index is -0.474. The van der Waals surface area contributed by atoms with Crippen molar-refractivity contribution in [2.24, 2.45) is 5.73 Å². The molecule has 0 aliphatic heterocycles. The molecule has 0 aromatic heterocycles. The van der Waals surface area contributed by atoms with Crippen molar-refractivity contribution in [2.45, 2.75) is 26.4 Å².